The number of piperidine rings is 1. The number of hydrogen-bond donors (Lipinski definition) is 2. The van der Waals surface area contributed by atoms with Crippen LogP contribution in [-0.4, -0.2) is 47.5 Å². The fourth-order valence-electron chi connectivity index (χ4n) is 4.58. The maximum absolute atomic E-state index is 14.1. The Morgan fingerprint density at radius 3 is 2.62 bits per heavy atom. The normalized spacial score (nSPS) is 18.6. The Balaban J connectivity index is 1.64. The summed E-state index contributed by atoms with van der Waals surface area (Å²) in [7, 11) is 2.13. The SMILES string of the molecule is CN1CCC(Nc2c(C3(C=O)CC3)cnc3ccc(-c4cc(F)c(O)c(Cl)c4)cc23)CC1. The second-order valence-corrected chi connectivity index (χ2v) is 9.47. The number of halogens is 2. The minimum Gasteiger partial charge on any atom is -0.504 e. The lowest BCUT2D eigenvalue weighted by atomic mass is 9.93. The number of rotatable bonds is 5. The highest BCUT2D eigenvalue weighted by Gasteiger charge is 2.46. The van der Waals surface area contributed by atoms with Gasteiger partial charge in [0.1, 0.15) is 6.29 Å². The van der Waals surface area contributed by atoms with Crippen LogP contribution in [0.2, 0.25) is 5.02 Å². The molecule has 1 aliphatic carbocycles. The molecule has 1 aromatic heterocycles. The van der Waals surface area contributed by atoms with Crippen LogP contribution in [0.25, 0.3) is 22.0 Å². The molecule has 2 heterocycles. The lowest BCUT2D eigenvalue weighted by molar-refractivity contribution is -0.109. The molecule has 0 atom stereocenters. The fraction of sp³-hybridized carbons (Fsp3) is 0.360. The number of aromatic hydroxyl groups is 1. The first-order chi connectivity index (χ1) is 15.4. The summed E-state index contributed by atoms with van der Waals surface area (Å²) in [4.78, 5) is 18.9. The summed E-state index contributed by atoms with van der Waals surface area (Å²) in [5, 5.41) is 14.3. The van der Waals surface area contributed by atoms with E-state index in [0.29, 0.717) is 11.6 Å². The smallest absolute Gasteiger partial charge is 0.170 e. The van der Waals surface area contributed by atoms with Gasteiger partial charge in [-0.1, -0.05) is 17.7 Å². The van der Waals surface area contributed by atoms with E-state index in [2.05, 4.69) is 22.2 Å². The van der Waals surface area contributed by atoms with E-state index in [1.54, 1.807) is 6.07 Å². The number of fused-ring (bicyclic) bond motifs is 1. The third-order valence-corrected chi connectivity index (χ3v) is 7.12. The molecule has 0 spiro atoms. The van der Waals surface area contributed by atoms with Crippen LogP contribution in [0, 0.1) is 5.82 Å². The molecule has 32 heavy (non-hydrogen) atoms. The number of phenolic OH excluding ortho intramolecular Hbond substituents is 1. The Hall–Kier alpha value is -2.70. The van der Waals surface area contributed by atoms with E-state index in [4.69, 9.17) is 11.6 Å². The molecule has 0 unspecified atom stereocenters. The molecule has 2 fully saturated rings. The number of pyridine rings is 1. The number of anilines is 1. The molecular formula is C25H25ClFN3O2. The molecule has 2 aliphatic rings. The average molecular weight is 454 g/mol. The summed E-state index contributed by atoms with van der Waals surface area (Å²) in [6.07, 6.45) is 6.57. The van der Waals surface area contributed by atoms with Crippen LogP contribution in [0.15, 0.2) is 36.5 Å². The van der Waals surface area contributed by atoms with Gasteiger partial charge < -0.3 is 20.1 Å². The molecule has 7 heteroatoms. The van der Waals surface area contributed by atoms with Crippen LogP contribution in [0.1, 0.15) is 31.2 Å². The molecule has 0 amide bonds. The van der Waals surface area contributed by atoms with Crippen molar-refractivity contribution < 1.29 is 14.3 Å². The van der Waals surface area contributed by atoms with Crippen molar-refractivity contribution in [2.24, 2.45) is 0 Å². The quantitative estimate of drug-likeness (QED) is 0.524. The van der Waals surface area contributed by atoms with Gasteiger partial charge in [0, 0.05) is 28.9 Å². The van der Waals surface area contributed by atoms with Crippen LogP contribution in [0.4, 0.5) is 10.1 Å². The fourth-order valence-corrected chi connectivity index (χ4v) is 4.79. The van der Waals surface area contributed by atoms with Gasteiger partial charge in [-0.3, -0.25) is 4.98 Å². The Bertz CT molecular complexity index is 1180. The summed E-state index contributed by atoms with van der Waals surface area (Å²) in [5.41, 5.74) is 3.55. The number of hydrogen-bond acceptors (Lipinski definition) is 5. The zero-order valence-electron chi connectivity index (χ0n) is 17.9. The molecule has 5 nitrogen and oxygen atoms in total. The highest BCUT2D eigenvalue weighted by Crippen LogP contribution is 2.50. The molecule has 2 N–H and O–H groups in total. The number of likely N-dealkylation sites (tertiary alicyclic amines) is 1. The van der Waals surface area contributed by atoms with E-state index < -0.39 is 17.0 Å². The van der Waals surface area contributed by atoms with Gasteiger partial charge in [-0.05, 0) is 81.2 Å². The zero-order valence-corrected chi connectivity index (χ0v) is 18.6. The maximum atomic E-state index is 14.1. The van der Waals surface area contributed by atoms with Gasteiger partial charge >= 0.3 is 0 Å². The van der Waals surface area contributed by atoms with Crippen molar-refractivity contribution in [3.8, 4) is 16.9 Å². The van der Waals surface area contributed by atoms with Crippen molar-refractivity contribution in [2.45, 2.75) is 37.1 Å². The molecule has 166 valence electrons. The van der Waals surface area contributed by atoms with E-state index in [0.717, 1.165) is 72.8 Å². The molecule has 0 radical (unpaired) electrons. The van der Waals surface area contributed by atoms with E-state index in [1.165, 1.54) is 6.07 Å². The molecule has 5 rings (SSSR count). The second kappa shape index (κ2) is 8.01. The van der Waals surface area contributed by atoms with Crippen LogP contribution in [-0.2, 0) is 10.2 Å². The van der Waals surface area contributed by atoms with Crippen LogP contribution in [0.5, 0.6) is 5.75 Å². The third-order valence-electron chi connectivity index (χ3n) is 6.84. The van der Waals surface area contributed by atoms with Gasteiger partial charge in [-0.25, -0.2) is 4.39 Å². The summed E-state index contributed by atoms with van der Waals surface area (Å²) in [6.45, 7) is 2.04. The van der Waals surface area contributed by atoms with Crippen molar-refractivity contribution in [1.29, 1.82) is 0 Å². The van der Waals surface area contributed by atoms with Crippen molar-refractivity contribution in [2.75, 3.05) is 25.5 Å². The minimum atomic E-state index is -0.762. The van der Waals surface area contributed by atoms with E-state index in [-0.39, 0.29) is 5.02 Å². The van der Waals surface area contributed by atoms with Gasteiger partial charge in [0.25, 0.3) is 0 Å². The molecule has 0 bridgehead atoms. The Labute approximate surface area is 191 Å². The van der Waals surface area contributed by atoms with Crippen molar-refractivity contribution in [3.63, 3.8) is 0 Å². The van der Waals surface area contributed by atoms with Gasteiger partial charge in [0.15, 0.2) is 11.6 Å². The first kappa shape index (κ1) is 21.2. The second-order valence-electron chi connectivity index (χ2n) is 9.06. The highest BCUT2D eigenvalue weighted by atomic mass is 35.5. The van der Waals surface area contributed by atoms with E-state index in [9.17, 15) is 14.3 Å². The molecular weight excluding hydrogens is 429 g/mol. The number of carbonyl (C=O) groups excluding carboxylic acids is 1. The van der Waals surface area contributed by atoms with Crippen LogP contribution < -0.4 is 5.32 Å². The van der Waals surface area contributed by atoms with Crippen LogP contribution >= 0.6 is 11.6 Å². The minimum absolute atomic E-state index is 0.0328. The largest absolute Gasteiger partial charge is 0.504 e. The van der Waals surface area contributed by atoms with E-state index in [1.807, 2.05) is 24.4 Å². The summed E-state index contributed by atoms with van der Waals surface area (Å²) in [6, 6.07) is 8.86. The average Bonchev–Trinajstić information content (AvgIpc) is 3.59. The Kier molecular flexibility index (Phi) is 5.30. The van der Waals surface area contributed by atoms with Gasteiger partial charge in [0.2, 0.25) is 0 Å². The number of phenols is 1. The monoisotopic (exact) mass is 453 g/mol. The predicted molar refractivity (Wildman–Crippen MR) is 125 cm³/mol. The number of nitrogens with one attached hydrogen (secondary N) is 1. The molecule has 3 aromatic rings. The van der Waals surface area contributed by atoms with Gasteiger partial charge in [0.05, 0.1) is 16.0 Å². The zero-order chi connectivity index (χ0) is 22.5. The molecule has 1 aliphatic heterocycles. The predicted octanol–water partition coefficient (Wildman–Crippen LogP) is 5.14. The lowest BCUT2D eigenvalue weighted by Gasteiger charge is -2.31. The number of aldehydes is 1. The molecule has 2 aromatic carbocycles. The first-order valence-electron chi connectivity index (χ1n) is 10.9. The highest BCUT2D eigenvalue weighted by molar-refractivity contribution is 6.32. The van der Waals surface area contributed by atoms with Gasteiger partial charge in [-0.2, -0.15) is 0 Å². The Morgan fingerprint density at radius 2 is 1.97 bits per heavy atom. The number of benzene rings is 2. The number of carbonyl (C=O) groups is 1. The summed E-state index contributed by atoms with van der Waals surface area (Å²) >= 11 is 6.01. The van der Waals surface area contributed by atoms with E-state index >= 15 is 0 Å². The summed E-state index contributed by atoms with van der Waals surface area (Å²) in [5.74, 6) is -1.31. The van der Waals surface area contributed by atoms with Crippen molar-refractivity contribution >= 4 is 34.5 Å². The summed E-state index contributed by atoms with van der Waals surface area (Å²) < 4.78 is 14.1. The van der Waals surface area contributed by atoms with Gasteiger partial charge in [-0.15, -0.1) is 0 Å². The van der Waals surface area contributed by atoms with Crippen molar-refractivity contribution in [1.82, 2.24) is 9.88 Å². The molecule has 1 saturated carbocycles. The third kappa shape index (κ3) is 3.71. The maximum Gasteiger partial charge on any atom is 0.170 e. The van der Waals surface area contributed by atoms with Crippen molar-refractivity contribution in [3.05, 3.63) is 52.9 Å². The number of aromatic nitrogens is 1. The first-order valence-corrected chi connectivity index (χ1v) is 11.3. The standard InChI is InChI=1S/C25H25ClFN3O2/c1-30-8-4-17(5-9-30)29-23-18-10-15(16-11-20(26)24(32)21(27)12-16)2-3-22(18)28-13-19(23)25(14-31)6-7-25/h2-3,10-14,17,32H,4-9H2,1H3,(H,28,29). The van der Waals surface area contributed by atoms with Crippen LogP contribution in [0.3, 0.4) is 0 Å². The Morgan fingerprint density at radius 1 is 1.22 bits per heavy atom. The topological polar surface area (TPSA) is 65.5 Å². The molecule has 1 saturated heterocycles. The number of nitrogens with zero attached hydrogens (tertiary/aromatic N) is 2. The lowest BCUT2D eigenvalue weighted by Crippen LogP contribution is -2.37.